The number of ether oxygens (including phenoxy) is 1. The van der Waals surface area contributed by atoms with Crippen molar-refractivity contribution in [3.05, 3.63) is 0 Å². The predicted molar refractivity (Wildman–Crippen MR) is 38.0 cm³/mol. The molecule has 4 nitrogen and oxygen atoms in total. The Hall–Kier alpha value is -0.610. The number of carbonyl (C=O) groups is 1. The molecule has 0 spiro atoms. The van der Waals surface area contributed by atoms with Crippen molar-refractivity contribution < 1.29 is 9.53 Å². The maximum absolute atomic E-state index is 10.8. The zero-order chi connectivity index (χ0) is 7.98. The third kappa shape index (κ3) is 2.80. The van der Waals surface area contributed by atoms with Crippen LogP contribution < -0.4 is 11.3 Å². The third-order valence-corrected chi connectivity index (χ3v) is 1.17. The van der Waals surface area contributed by atoms with E-state index < -0.39 is 6.10 Å². The average molecular weight is 146 g/mol. The first-order valence-electron chi connectivity index (χ1n) is 3.38. The Morgan fingerprint density at radius 1 is 1.70 bits per heavy atom. The van der Waals surface area contributed by atoms with E-state index in [4.69, 9.17) is 10.6 Å². The molecule has 0 saturated carbocycles. The molecule has 0 heterocycles. The summed E-state index contributed by atoms with van der Waals surface area (Å²) in [5, 5.41) is 0. The van der Waals surface area contributed by atoms with Crippen LogP contribution in [-0.4, -0.2) is 18.6 Å². The molecule has 3 N–H and O–H groups in total. The monoisotopic (exact) mass is 146 g/mol. The topological polar surface area (TPSA) is 64.3 Å². The van der Waals surface area contributed by atoms with Gasteiger partial charge in [0.15, 0.2) is 0 Å². The number of amides is 1. The van der Waals surface area contributed by atoms with Crippen LogP contribution >= 0.6 is 0 Å². The summed E-state index contributed by atoms with van der Waals surface area (Å²) in [7, 11) is 0. The first-order valence-corrected chi connectivity index (χ1v) is 3.38. The van der Waals surface area contributed by atoms with Crippen LogP contribution in [0.2, 0.25) is 0 Å². The van der Waals surface area contributed by atoms with Crippen molar-refractivity contribution in [2.75, 3.05) is 6.61 Å². The molecule has 0 saturated heterocycles. The largest absolute Gasteiger partial charge is 0.369 e. The molecule has 0 aliphatic heterocycles. The summed E-state index contributed by atoms with van der Waals surface area (Å²) in [6, 6.07) is 0. The molecule has 0 aliphatic carbocycles. The van der Waals surface area contributed by atoms with Crippen molar-refractivity contribution in [2.45, 2.75) is 26.4 Å². The molecule has 1 atom stereocenters. The van der Waals surface area contributed by atoms with Gasteiger partial charge in [0, 0.05) is 6.61 Å². The van der Waals surface area contributed by atoms with Crippen LogP contribution in [0.15, 0.2) is 0 Å². The zero-order valence-electron chi connectivity index (χ0n) is 6.39. The summed E-state index contributed by atoms with van der Waals surface area (Å²) in [6.45, 7) is 4.24. The van der Waals surface area contributed by atoms with Crippen LogP contribution in [0.25, 0.3) is 0 Å². The van der Waals surface area contributed by atoms with Gasteiger partial charge in [-0.05, 0) is 13.3 Å². The van der Waals surface area contributed by atoms with Crippen molar-refractivity contribution in [1.82, 2.24) is 5.43 Å². The van der Waals surface area contributed by atoms with Crippen LogP contribution in [0.3, 0.4) is 0 Å². The molecular weight excluding hydrogens is 132 g/mol. The quantitative estimate of drug-likeness (QED) is 0.328. The van der Waals surface area contributed by atoms with Crippen molar-refractivity contribution >= 4 is 5.91 Å². The summed E-state index contributed by atoms with van der Waals surface area (Å²) < 4.78 is 5.05. The number of rotatable bonds is 4. The molecule has 1 amide bonds. The molecule has 0 aliphatic rings. The van der Waals surface area contributed by atoms with Gasteiger partial charge in [-0.1, -0.05) is 6.92 Å². The maximum Gasteiger partial charge on any atom is 0.262 e. The van der Waals surface area contributed by atoms with E-state index in [9.17, 15) is 4.79 Å². The fraction of sp³-hybridized carbons (Fsp3) is 0.833. The summed E-state index contributed by atoms with van der Waals surface area (Å²) in [4.78, 5) is 10.8. The molecule has 4 heteroatoms. The first-order chi connectivity index (χ1) is 4.76. The smallest absolute Gasteiger partial charge is 0.262 e. The second kappa shape index (κ2) is 5.20. The van der Waals surface area contributed by atoms with Gasteiger partial charge in [-0.2, -0.15) is 0 Å². The maximum atomic E-state index is 10.8. The summed E-state index contributed by atoms with van der Waals surface area (Å²) in [6.07, 6.45) is 0.256. The van der Waals surface area contributed by atoms with E-state index in [1.54, 1.807) is 0 Å². The highest BCUT2D eigenvalue weighted by atomic mass is 16.5. The van der Waals surface area contributed by atoms with Gasteiger partial charge < -0.3 is 4.74 Å². The Labute approximate surface area is 60.7 Å². The summed E-state index contributed by atoms with van der Waals surface area (Å²) >= 11 is 0. The highest BCUT2D eigenvalue weighted by Crippen LogP contribution is 1.96. The van der Waals surface area contributed by atoms with E-state index in [1.165, 1.54) is 0 Å². The molecule has 0 aromatic heterocycles. The molecule has 0 rings (SSSR count). The highest BCUT2D eigenvalue weighted by Gasteiger charge is 2.13. The molecule has 10 heavy (non-hydrogen) atoms. The fourth-order valence-electron chi connectivity index (χ4n) is 0.673. The van der Waals surface area contributed by atoms with E-state index >= 15 is 0 Å². The predicted octanol–water partition coefficient (Wildman–Crippen LogP) is -0.209. The van der Waals surface area contributed by atoms with Crippen molar-refractivity contribution in [3.63, 3.8) is 0 Å². The van der Waals surface area contributed by atoms with Crippen LogP contribution in [-0.2, 0) is 9.53 Å². The van der Waals surface area contributed by atoms with Crippen molar-refractivity contribution in [3.8, 4) is 0 Å². The lowest BCUT2D eigenvalue weighted by Gasteiger charge is -2.11. The number of hydrazine groups is 1. The lowest BCUT2D eigenvalue weighted by Crippen LogP contribution is -2.40. The number of hydrogen-bond donors (Lipinski definition) is 2. The highest BCUT2D eigenvalue weighted by molar-refractivity contribution is 5.79. The van der Waals surface area contributed by atoms with E-state index in [1.807, 2.05) is 19.3 Å². The molecule has 0 bridgehead atoms. The Morgan fingerprint density at radius 3 is 2.60 bits per heavy atom. The summed E-state index contributed by atoms with van der Waals surface area (Å²) in [5.41, 5.74) is 2.04. The average Bonchev–Trinajstić information content (AvgIpc) is 1.99. The van der Waals surface area contributed by atoms with Crippen LogP contribution in [0, 0.1) is 0 Å². The Morgan fingerprint density at radius 2 is 2.30 bits per heavy atom. The van der Waals surface area contributed by atoms with Crippen LogP contribution in [0.5, 0.6) is 0 Å². The standard InChI is InChI=1S/C6H14N2O2/c1-3-5(10-4-2)6(9)8-7/h5H,3-4,7H2,1-2H3,(H,8,9). The lowest BCUT2D eigenvalue weighted by molar-refractivity contribution is -0.132. The number of nitrogens with two attached hydrogens (primary N) is 1. The van der Waals surface area contributed by atoms with E-state index in [0.717, 1.165) is 0 Å². The Balaban J connectivity index is 3.68. The van der Waals surface area contributed by atoms with Gasteiger partial charge in [-0.15, -0.1) is 0 Å². The Kier molecular flexibility index (Phi) is 4.88. The van der Waals surface area contributed by atoms with E-state index in [-0.39, 0.29) is 5.91 Å². The molecule has 0 fully saturated rings. The molecule has 1 unspecified atom stereocenters. The van der Waals surface area contributed by atoms with Gasteiger partial charge in [-0.25, -0.2) is 5.84 Å². The summed E-state index contributed by atoms with van der Waals surface area (Å²) in [5.74, 6) is 4.64. The molecule has 0 radical (unpaired) electrons. The minimum absolute atomic E-state index is 0.260. The van der Waals surface area contributed by atoms with Gasteiger partial charge in [0.2, 0.25) is 0 Å². The molecule has 0 aromatic carbocycles. The van der Waals surface area contributed by atoms with Crippen molar-refractivity contribution in [2.24, 2.45) is 5.84 Å². The first kappa shape index (κ1) is 9.39. The SMILES string of the molecule is CCOC(CC)C(=O)NN. The number of carbonyl (C=O) groups excluding carboxylic acids is 1. The second-order valence-electron chi connectivity index (χ2n) is 1.86. The fourth-order valence-corrected chi connectivity index (χ4v) is 0.673. The molecular formula is C6H14N2O2. The second-order valence-corrected chi connectivity index (χ2v) is 1.86. The van der Waals surface area contributed by atoms with E-state index in [2.05, 4.69) is 0 Å². The van der Waals surface area contributed by atoms with Gasteiger partial charge in [-0.3, -0.25) is 10.2 Å². The third-order valence-electron chi connectivity index (χ3n) is 1.17. The number of hydrogen-bond acceptors (Lipinski definition) is 3. The van der Waals surface area contributed by atoms with Gasteiger partial charge in [0.25, 0.3) is 5.91 Å². The minimum atomic E-state index is -0.394. The number of nitrogens with one attached hydrogen (secondary N) is 1. The Bertz CT molecular complexity index is 106. The van der Waals surface area contributed by atoms with Gasteiger partial charge in [0.05, 0.1) is 0 Å². The van der Waals surface area contributed by atoms with Gasteiger partial charge >= 0.3 is 0 Å². The van der Waals surface area contributed by atoms with E-state index in [0.29, 0.717) is 13.0 Å². The van der Waals surface area contributed by atoms with Gasteiger partial charge in [0.1, 0.15) is 6.10 Å². The molecule has 60 valence electrons. The molecule has 0 aromatic rings. The minimum Gasteiger partial charge on any atom is -0.369 e. The van der Waals surface area contributed by atoms with Crippen LogP contribution in [0.4, 0.5) is 0 Å². The zero-order valence-corrected chi connectivity index (χ0v) is 6.39. The van der Waals surface area contributed by atoms with Crippen LogP contribution in [0.1, 0.15) is 20.3 Å². The lowest BCUT2D eigenvalue weighted by atomic mass is 10.3. The van der Waals surface area contributed by atoms with Crippen molar-refractivity contribution in [1.29, 1.82) is 0 Å². The normalized spacial score (nSPS) is 12.7.